The lowest BCUT2D eigenvalue weighted by atomic mass is 10.1. The van der Waals surface area contributed by atoms with Crippen LogP contribution < -0.4 is 0 Å². The van der Waals surface area contributed by atoms with Gasteiger partial charge in [0.1, 0.15) is 5.75 Å². The Morgan fingerprint density at radius 2 is 2.00 bits per heavy atom. The Labute approximate surface area is 77.5 Å². The summed E-state index contributed by atoms with van der Waals surface area (Å²) in [6.45, 7) is 2.38. The molecule has 0 radical (unpaired) electrons. The molecule has 0 bridgehead atoms. The Morgan fingerprint density at radius 3 is 2.54 bits per heavy atom. The Morgan fingerprint density at radius 1 is 1.38 bits per heavy atom. The minimum absolute atomic E-state index is 0.242. The zero-order valence-corrected chi connectivity index (χ0v) is 7.58. The highest BCUT2D eigenvalue weighted by Crippen LogP contribution is 2.10. The molecule has 0 unspecified atom stereocenters. The monoisotopic (exact) mass is 179 g/mol. The zero-order valence-electron chi connectivity index (χ0n) is 7.58. The van der Waals surface area contributed by atoms with Crippen LogP contribution in [0.4, 0.5) is 0 Å². The molecule has 0 amide bonds. The maximum absolute atomic E-state index is 9.01. The molecule has 0 aliphatic rings. The van der Waals surface area contributed by atoms with Crippen molar-refractivity contribution in [3.63, 3.8) is 0 Å². The van der Waals surface area contributed by atoms with Crippen LogP contribution in [0, 0.1) is 5.41 Å². The third-order valence-corrected chi connectivity index (χ3v) is 1.62. The van der Waals surface area contributed by atoms with Crippen LogP contribution in [0.2, 0.25) is 0 Å². The molecule has 0 aromatic heterocycles. The number of aromatic hydroxyl groups is 1. The van der Waals surface area contributed by atoms with E-state index in [0.29, 0.717) is 13.0 Å². The van der Waals surface area contributed by atoms with Crippen LogP contribution >= 0.6 is 0 Å². The molecule has 1 aromatic carbocycles. The molecule has 0 spiro atoms. The topological polar surface area (TPSA) is 53.3 Å². The van der Waals surface area contributed by atoms with Crippen LogP contribution in [0.15, 0.2) is 24.3 Å². The van der Waals surface area contributed by atoms with E-state index in [1.807, 2.05) is 6.92 Å². The lowest BCUT2D eigenvalue weighted by Gasteiger charge is -2.04. The third-order valence-electron chi connectivity index (χ3n) is 1.62. The number of rotatable bonds is 3. The van der Waals surface area contributed by atoms with Crippen LogP contribution in [0.5, 0.6) is 5.75 Å². The summed E-state index contributed by atoms with van der Waals surface area (Å²) in [6, 6.07) is 6.77. The van der Waals surface area contributed by atoms with Crippen LogP contribution in [0.3, 0.4) is 0 Å². The average Bonchev–Trinajstić information content (AvgIpc) is 2.09. The molecule has 3 nitrogen and oxygen atoms in total. The van der Waals surface area contributed by atoms with Gasteiger partial charge in [-0.15, -0.1) is 0 Å². The Balaban J connectivity index is 2.54. The summed E-state index contributed by atoms with van der Waals surface area (Å²) in [5.41, 5.74) is 0.969. The summed E-state index contributed by atoms with van der Waals surface area (Å²) in [6.07, 6.45) is 0.480. The molecule has 13 heavy (non-hydrogen) atoms. The standard InChI is InChI=1S/C10H13NO2/c1-2-13-10(11)7-8-3-5-9(12)6-4-8/h3-6,11-12H,2,7H2,1H3. The Bertz CT molecular complexity index is 279. The smallest absolute Gasteiger partial charge is 0.184 e. The normalized spacial score (nSPS) is 9.62. The van der Waals surface area contributed by atoms with E-state index in [9.17, 15) is 0 Å². The van der Waals surface area contributed by atoms with Gasteiger partial charge in [-0.25, -0.2) is 0 Å². The van der Waals surface area contributed by atoms with Crippen LogP contribution in [-0.2, 0) is 11.2 Å². The quantitative estimate of drug-likeness (QED) is 0.550. The minimum atomic E-state index is 0.242. The fraction of sp³-hybridized carbons (Fsp3) is 0.300. The maximum Gasteiger partial charge on any atom is 0.184 e. The maximum atomic E-state index is 9.01. The molecule has 0 aliphatic carbocycles. The predicted octanol–water partition coefficient (Wildman–Crippen LogP) is 1.95. The predicted molar refractivity (Wildman–Crippen MR) is 51.2 cm³/mol. The number of nitrogens with one attached hydrogen (secondary N) is 1. The molecule has 2 N–H and O–H groups in total. The molecule has 0 atom stereocenters. The van der Waals surface area contributed by atoms with Crippen molar-refractivity contribution in [3.8, 4) is 5.75 Å². The highest BCUT2D eigenvalue weighted by Gasteiger charge is 1.99. The molecule has 0 heterocycles. The Hall–Kier alpha value is -1.51. The SMILES string of the molecule is CCOC(=N)Cc1ccc(O)cc1. The Kier molecular flexibility index (Phi) is 3.31. The van der Waals surface area contributed by atoms with Crippen molar-refractivity contribution in [1.29, 1.82) is 5.41 Å². The average molecular weight is 179 g/mol. The molecule has 0 saturated carbocycles. The molecular weight excluding hydrogens is 166 g/mol. The second-order valence-electron chi connectivity index (χ2n) is 2.70. The van der Waals surface area contributed by atoms with Gasteiger partial charge in [0, 0.05) is 6.42 Å². The number of phenolic OH excluding ortho intramolecular Hbond substituents is 1. The lowest BCUT2D eigenvalue weighted by molar-refractivity contribution is 0.317. The summed E-state index contributed by atoms with van der Waals surface area (Å²) in [5, 5.41) is 16.4. The van der Waals surface area contributed by atoms with Gasteiger partial charge in [0.2, 0.25) is 0 Å². The van der Waals surface area contributed by atoms with Gasteiger partial charge in [0.25, 0.3) is 0 Å². The summed E-state index contributed by atoms with van der Waals surface area (Å²) >= 11 is 0. The second kappa shape index (κ2) is 4.50. The first-order chi connectivity index (χ1) is 6.22. The van der Waals surface area contributed by atoms with Crippen molar-refractivity contribution in [1.82, 2.24) is 0 Å². The summed E-state index contributed by atoms with van der Waals surface area (Å²) in [7, 11) is 0. The van der Waals surface area contributed by atoms with E-state index >= 15 is 0 Å². The van der Waals surface area contributed by atoms with Gasteiger partial charge in [-0.3, -0.25) is 5.41 Å². The highest BCUT2D eigenvalue weighted by molar-refractivity contribution is 5.75. The van der Waals surface area contributed by atoms with Gasteiger partial charge < -0.3 is 9.84 Å². The van der Waals surface area contributed by atoms with Crippen molar-refractivity contribution in [2.45, 2.75) is 13.3 Å². The summed E-state index contributed by atoms with van der Waals surface area (Å²) in [4.78, 5) is 0. The number of ether oxygens (including phenoxy) is 1. The number of hydrogen-bond donors (Lipinski definition) is 2. The molecule has 0 fully saturated rings. The zero-order chi connectivity index (χ0) is 9.68. The van der Waals surface area contributed by atoms with Gasteiger partial charge in [-0.2, -0.15) is 0 Å². The van der Waals surface area contributed by atoms with E-state index in [2.05, 4.69) is 0 Å². The first kappa shape index (κ1) is 9.58. The van der Waals surface area contributed by atoms with Gasteiger partial charge in [0.15, 0.2) is 5.90 Å². The molecular formula is C10H13NO2. The molecule has 0 saturated heterocycles. The van der Waals surface area contributed by atoms with E-state index in [-0.39, 0.29) is 11.6 Å². The van der Waals surface area contributed by atoms with Gasteiger partial charge in [-0.05, 0) is 24.6 Å². The molecule has 3 heteroatoms. The third kappa shape index (κ3) is 3.15. The van der Waals surface area contributed by atoms with Crippen LogP contribution in [0.25, 0.3) is 0 Å². The molecule has 0 aliphatic heterocycles. The highest BCUT2D eigenvalue weighted by atomic mass is 16.5. The fourth-order valence-corrected chi connectivity index (χ4v) is 1.02. The van der Waals surface area contributed by atoms with E-state index in [4.69, 9.17) is 15.3 Å². The first-order valence-corrected chi connectivity index (χ1v) is 4.20. The van der Waals surface area contributed by atoms with Crippen LogP contribution in [0.1, 0.15) is 12.5 Å². The first-order valence-electron chi connectivity index (χ1n) is 4.20. The van der Waals surface area contributed by atoms with E-state index in [1.165, 1.54) is 0 Å². The molecule has 70 valence electrons. The fourth-order valence-electron chi connectivity index (χ4n) is 1.02. The van der Waals surface area contributed by atoms with Gasteiger partial charge in [-0.1, -0.05) is 12.1 Å². The van der Waals surface area contributed by atoms with Crippen LogP contribution in [-0.4, -0.2) is 17.6 Å². The van der Waals surface area contributed by atoms with Crippen molar-refractivity contribution in [2.24, 2.45) is 0 Å². The number of phenols is 1. The van der Waals surface area contributed by atoms with E-state index in [1.54, 1.807) is 24.3 Å². The van der Waals surface area contributed by atoms with E-state index in [0.717, 1.165) is 5.56 Å². The minimum Gasteiger partial charge on any atom is -0.508 e. The van der Waals surface area contributed by atoms with Gasteiger partial charge in [0.05, 0.1) is 6.61 Å². The largest absolute Gasteiger partial charge is 0.508 e. The van der Waals surface area contributed by atoms with Crippen molar-refractivity contribution >= 4 is 5.90 Å². The summed E-state index contributed by atoms with van der Waals surface area (Å²) in [5.74, 6) is 0.500. The lowest BCUT2D eigenvalue weighted by Crippen LogP contribution is -2.06. The van der Waals surface area contributed by atoms with Gasteiger partial charge >= 0.3 is 0 Å². The summed E-state index contributed by atoms with van der Waals surface area (Å²) < 4.78 is 5.00. The van der Waals surface area contributed by atoms with Crippen molar-refractivity contribution in [2.75, 3.05) is 6.61 Å². The molecule has 1 aromatic rings. The number of hydrogen-bond acceptors (Lipinski definition) is 3. The van der Waals surface area contributed by atoms with Crippen molar-refractivity contribution in [3.05, 3.63) is 29.8 Å². The molecule has 1 rings (SSSR count). The van der Waals surface area contributed by atoms with Crippen molar-refractivity contribution < 1.29 is 9.84 Å². The second-order valence-corrected chi connectivity index (χ2v) is 2.70. The number of benzene rings is 1. The van der Waals surface area contributed by atoms with E-state index < -0.39 is 0 Å².